The topological polar surface area (TPSA) is 73.0 Å². The van der Waals surface area contributed by atoms with Gasteiger partial charge in [0.05, 0.1) is 6.26 Å². The maximum Gasteiger partial charge on any atom is 0.292 e. The van der Waals surface area contributed by atoms with Crippen molar-refractivity contribution in [2.24, 2.45) is 0 Å². The Bertz CT molecular complexity index is 704. The van der Waals surface area contributed by atoms with Crippen LogP contribution in [-0.4, -0.2) is 20.7 Å². The molecule has 0 spiro atoms. The van der Waals surface area contributed by atoms with Gasteiger partial charge in [-0.1, -0.05) is 6.07 Å². The van der Waals surface area contributed by atoms with Gasteiger partial charge in [-0.15, -0.1) is 0 Å². The van der Waals surface area contributed by atoms with Crippen molar-refractivity contribution in [2.75, 3.05) is 5.32 Å². The highest BCUT2D eigenvalue weighted by molar-refractivity contribution is 6.01. The van der Waals surface area contributed by atoms with Gasteiger partial charge in [0, 0.05) is 37.1 Å². The maximum atomic E-state index is 11.8. The molecule has 0 unspecified atom stereocenters. The van der Waals surface area contributed by atoms with E-state index in [1.54, 1.807) is 29.1 Å². The number of aromatic nitrogens is 3. The Morgan fingerprint density at radius 2 is 2.19 bits per heavy atom. The quantitative estimate of drug-likeness (QED) is 0.779. The Hall–Kier alpha value is -2.89. The summed E-state index contributed by atoms with van der Waals surface area (Å²) in [5.41, 5.74) is 1.01. The highest BCUT2D eigenvalue weighted by atomic mass is 16.3. The Labute approximate surface area is 121 Å². The van der Waals surface area contributed by atoms with Crippen molar-refractivity contribution in [3.05, 3.63) is 66.5 Å². The van der Waals surface area contributed by atoms with E-state index < -0.39 is 0 Å². The molecular formula is C15H14N4O2. The molecule has 0 bridgehead atoms. The second-order valence-electron chi connectivity index (χ2n) is 4.47. The predicted octanol–water partition coefficient (Wildman–Crippen LogP) is 2.37. The molecule has 0 saturated carbocycles. The number of nitrogens with one attached hydrogen (secondary N) is 1. The van der Waals surface area contributed by atoms with Crippen LogP contribution in [0.2, 0.25) is 0 Å². The average molecular weight is 282 g/mol. The molecule has 6 heteroatoms. The van der Waals surface area contributed by atoms with Crippen molar-refractivity contribution < 1.29 is 9.21 Å². The number of nitrogens with zero attached hydrogens (tertiary/aromatic N) is 3. The van der Waals surface area contributed by atoms with Gasteiger partial charge in [0.15, 0.2) is 11.6 Å². The SMILES string of the molecule is O=C(Nc1ccn(CCc2ccccn2)n1)c1ccco1. The molecule has 0 aromatic carbocycles. The number of anilines is 1. The fourth-order valence-electron chi connectivity index (χ4n) is 1.91. The van der Waals surface area contributed by atoms with Crippen LogP contribution in [0, 0.1) is 0 Å². The van der Waals surface area contributed by atoms with Crippen molar-refractivity contribution in [1.82, 2.24) is 14.8 Å². The molecule has 0 aliphatic rings. The first kappa shape index (κ1) is 13.1. The second kappa shape index (κ2) is 6.04. The number of hydrogen-bond acceptors (Lipinski definition) is 4. The fraction of sp³-hybridized carbons (Fsp3) is 0.133. The molecule has 0 saturated heterocycles. The van der Waals surface area contributed by atoms with Crippen LogP contribution in [0.1, 0.15) is 16.2 Å². The summed E-state index contributed by atoms with van der Waals surface area (Å²) < 4.78 is 6.80. The van der Waals surface area contributed by atoms with Gasteiger partial charge < -0.3 is 9.73 Å². The molecule has 1 amide bonds. The monoisotopic (exact) mass is 282 g/mol. The van der Waals surface area contributed by atoms with E-state index in [-0.39, 0.29) is 11.7 Å². The number of carbonyl (C=O) groups excluding carboxylic acids is 1. The first-order chi connectivity index (χ1) is 10.3. The van der Waals surface area contributed by atoms with Crippen LogP contribution in [0.25, 0.3) is 0 Å². The molecular weight excluding hydrogens is 268 g/mol. The molecule has 3 rings (SSSR count). The predicted molar refractivity (Wildman–Crippen MR) is 76.8 cm³/mol. The number of amides is 1. The van der Waals surface area contributed by atoms with E-state index in [1.165, 1.54) is 6.26 Å². The molecule has 6 nitrogen and oxygen atoms in total. The molecule has 3 aromatic heterocycles. The van der Waals surface area contributed by atoms with Crippen molar-refractivity contribution in [3.63, 3.8) is 0 Å². The lowest BCUT2D eigenvalue weighted by Gasteiger charge is -2.01. The molecule has 0 atom stereocenters. The standard InChI is InChI=1S/C15H14N4O2/c20-15(13-5-3-11-21-13)17-14-7-10-19(18-14)9-6-12-4-1-2-8-16-12/h1-5,7-8,10-11H,6,9H2,(H,17,18,20). The zero-order valence-corrected chi connectivity index (χ0v) is 11.3. The molecule has 21 heavy (non-hydrogen) atoms. The Balaban J connectivity index is 1.57. The zero-order valence-electron chi connectivity index (χ0n) is 11.3. The van der Waals surface area contributed by atoms with E-state index in [1.807, 2.05) is 24.4 Å². The van der Waals surface area contributed by atoms with E-state index in [2.05, 4.69) is 15.4 Å². The third-order valence-corrected chi connectivity index (χ3v) is 2.95. The van der Waals surface area contributed by atoms with Gasteiger partial charge in [-0.25, -0.2) is 0 Å². The largest absolute Gasteiger partial charge is 0.459 e. The minimum absolute atomic E-state index is 0.262. The van der Waals surface area contributed by atoms with Gasteiger partial charge in [0.2, 0.25) is 0 Å². The van der Waals surface area contributed by atoms with E-state index in [0.717, 1.165) is 12.1 Å². The Morgan fingerprint density at radius 1 is 1.24 bits per heavy atom. The summed E-state index contributed by atoms with van der Waals surface area (Å²) in [5.74, 6) is 0.449. The lowest BCUT2D eigenvalue weighted by atomic mass is 10.3. The highest BCUT2D eigenvalue weighted by Gasteiger charge is 2.10. The van der Waals surface area contributed by atoms with Crippen LogP contribution in [-0.2, 0) is 13.0 Å². The van der Waals surface area contributed by atoms with Crippen molar-refractivity contribution >= 4 is 11.7 Å². The van der Waals surface area contributed by atoms with Gasteiger partial charge in [0.1, 0.15) is 0 Å². The van der Waals surface area contributed by atoms with Crippen molar-refractivity contribution in [3.8, 4) is 0 Å². The van der Waals surface area contributed by atoms with Crippen LogP contribution in [0.4, 0.5) is 5.82 Å². The van der Waals surface area contributed by atoms with Crippen molar-refractivity contribution in [2.45, 2.75) is 13.0 Å². The van der Waals surface area contributed by atoms with Gasteiger partial charge in [-0.2, -0.15) is 5.10 Å². The first-order valence-corrected chi connectivity index (χ1v) is 6.59. The number of pyridine rings is 1. The minimum Gasteiger partial charge on any atom is -0.459 e. The van der Waals surface area contributed by atoms with Crippen molar-refractivity contribution in [1.29, 1.82) is 0 Å². The van der Waals surface area contributed by atoms with Gasteiger partial charge >= 0.3 is 0 Å². The average Bonchev–Trinajstić information content (AvgIpc) is 3.18. The van der Waals surface area contributed by atoms with Crippen LogP contribution in [0.5, 0.6) is 0 Å². The van der Waals surface area contributed by atoms with Crippen LogP contribution < -0.4 is 5.32 Å². The van der Waals surface area contributed by atoms with E-state index in [0.29, 0.717) is 12.4 Å². The molecule has 0 fully saturated rings. The number of hydrogen-bond donors (Lipinski definition) is 1. The number of rotatable bonds is 5. The highest BCUT2D eigenvalue weighted by Crippen LogP contribution is 2.07. The molecule has 0 radical (unpaired) electrons. The molecule has 1 N–H and O–H groups in total. The zero-order chi connectivity index (χ0) is 14.5. The van der Waals surface area contributed by atoms with E-state index >= 15 is 0 Å². The first-order valence-electron chi connectivity index (χ1n) is 6.59. The van der Waals surface area contributed by atoms with Gasteiger partial charge in [0.25, 0.3) is 5.91 Å². The summed E-state index contributed by atoms with van der Waals surface area (Å²) in [7, 11) is 0. The Kier molecular flexibility index (Phi) is 3.77. The molecule has 106 valence electrons. The molecule has 3 aromatic rings. The lowest BCUT2D eigenvalue weighted by molar-refractivity contribution is 0.0996. The molecule has 3 heterocycles. The van der Waals surface area contributed by atoms with E-state index in [9.17, 15) is 4.79 Å². The number of carbonyl (C=O) groups is 1. The summed E-state index contributed by atoms with van der Waals surface area (Å²) in [6, 6.07) is 10.8. The summed E-state index contributed by atoms with van der Waals surface area (Å²) in [6.45, 7) is 0.702. The fourth-order valence-corrected chi connectivity index (χ4v) is 1.91. The minimum atomic E-state index is -0.310. The second-order valence-corrected chi connectivity index (χ2v) is 4.47. The Morgan fingerprint density at radius 3 is 2.95 bits per heavy atom. The summed E-state index contributed by atoms with van der Waals surface area (Å²) in [4.78, 5) is 16.1. The molecule has 0 aliphatic heterocycles. The van der Waals surface area contributed by atoms with Gasteiger partial charge in [-0.3, -0.25) is 14.5 Å². The third-order valence-electron chi connectivity index (χ3n) is 2.95. The third kappa shape index (κ3) is 3.36. The number of aryl methyl sites for hydroxylation is 2. The van der Waals surface area contributed by atoms with Crippen LogP contribution >= 0.6 is 0 Å². The maximum absolute atomic E-state index is 11.8. The van der Waals surface area contributed by atoms with E-state index in [4.69, 9.17) is 4.42 Å². The number of furan rings is 1. The summed E-state index contributed by atoms with van der Waals surface area (Å²) in [5, 5.41) is 6.97. The normalized spacial score (nSPS) is 10.5. The summed E-state index contributed by atoms with van der Waals surface area (Å²) in [6.07, 6.45) is 5.84. The lowest BCUT2D eigenvalue weighted by Crippen LogP contribution is -2.12. The smallest absolute Gasteiger partial charge is 0.292 e. The van der Waals surface area contributed by atoms with Crippen LogP contribution in [0.3, 0.4) is 0 Å². The summed E-state index contributed by atoms with van der Waals surface area (Å²) >= 11 is 0. The van der Waals surface area contributed by atoms with Crippen LogP contribution in [0.15, 0.2) is 59.5 Å². The van der Waals surface area contributed by atoms with Gasteiger partial charge in [-0.05, 0) is 24.3 Å². The molecule has 0 aliphatic carbocycles.